The molecular weight excluding hydrogens is 286 g/mol. The number of hydrogen-bond acceptors (Lipinski definition) is 5. The van der Waals surface area contributed by atoms with Crippen LogP contribution in [-0.4, -0.2) is 9.55 Å². The number of aromatic nitrogens is 2. The van der Waals surface area contributed by atoms with Crippen LogP contribution in [0.25, 0.3) is 10.8 Å². The fraction of sp³-hybridized carbons (Fsp3) is 0.200. The van der Waals surface area contributed by atoms with E-state index in [1.807, 2.05) is 29.8 Å². The number of nitrogens with zero attached hydrogens (tertiary/aromatic N) is 2. The van der Waals surface area contributed by atoms with Crippen molar-refractivity contribution in [1.82, 2.24) is 14.9 Å². The third-order valence-corrected chi connectivity index (χ3v) is 3.97. The molecule has 0 bridgehead atoms. The molecule has 0 aliphatic rings. The summed E-state index contributed by atoms with van der Waals surface area (Å²) in [6, 6.07) is 7.17. The third-order valence-electron chi connectivity index (χ3n) is 3.07. The summed E-state index contributed by atoms with van der Waals surface area (Å²) < 4.78 is 6.90. The fourth-order valence-electron chi connectivity index (χ4n) is 1.99. The molecule has 0 saturated carbocycles. The second-order valence-electron chi connectivity index (χ2n) is 4.71. The molecule has 108 valence electrons. The van der Waals surface area contributed by atoms with E-state index in [4.69, 9.17) is 4.42 Å². The highest BCUT2D eigenvalue weighted by Gasteiger charge is 2.06. The standard InChI is InChI=1S/C15H15N3O2S/c1-18-9-11(4-5-14(18)19)7-16-8-12-10-21-15(17-12)13-3-2-6-20-13/h2-6,9-10,16H,7-8H2,1H3. The largest absolute Gasteiger partial charge is 0.462 e. The molecule has 3 aromatic rings. The molecule has 3 aromatic heterocycles. The van der Waals surface area contributed by atoms with Gasteiger partial charge in [0.15, 0.2) is 10.8 Å². The molecule has 3 heterocycles. The third kappa shape index (κ3) is 3.29. The summed E-state index contributed by atoms with van der Waals surface area (Å²) in [5.74, 6) is 0.796. The second kappa shape index (κ2) is 6.07. The Morgan fingerprint density at radius 3 is 3.00 bits per heavy atom. The van der Waals surface area contributed by atoms with Crippen LogP contribution in [0.3, 0.4) is 0 Å². The van der Waals surface area contributed by atoms with Gasteiger partial charge in [-0.15, -0.1) is 11.3 Å². The van der Waals surface area contributed by atoms with Crippen LogP contribution < -0.4 is 10.9 Å². The monoisotopic (exact) mass is 301 g/mol. The molecule has 0 unspecified atom stereocenters. The van der Waals surface area contributed by atoms with Crippen molar-refractivity contribution < 1.29 is 4.42 Å². The van der Waals surface area contributed by atoms with Gasteiger partial charge in [0.05, 0.1) is 12.0 Å². The molecule has 0 atom stereocenters. The van der Waals surface area contributed by atoms with Gasteiger partial charge < -0.3 is 14.3 Å². The Balaban J connectivity index is 1.58. The molecule has 5 nitrogen and oxygen atoms in total. The topological polar surface area (TPSA) is 60.1 Å². The average Bonchev–Trinajstić information content (AvgIpc) is 3.13. The number of thiazole rings is 1. The maximum Gasteiger partial charge on any atom is 0.250 e. The number of aryl methyl sites for hydroxylation is 1. The molecule has 0 spiro atoms. The Morgan fingerprint density at radius 1 is 1.33 bits per heavy atom. The summed E-state index contributed by atoms with van der Waals surface area (Å²) in [7, 11) is 1.75. The van der Waals surface area contributed by atoms with Crippen molar-refractivity contribution >= 4 is 11.3 Å². The molecule has 0 saturated heterocycles. The quantitative estimate of drug-likeness (QED) is 0.786. The van der Waals surface area contributed by atoms with E-state index in [0.717, 1.165) is 22.0 Å². The minimum atomic E-state index is 0.00124. The molecule has 0 amide bonds. The maximum atomic E-state index is 11.3. The van der Waals surface area contributed by atoms with E-state index < -0.39 is 0 Å². The summed E-state index contributed by atoms with van der Waals surface area (Å²) in [4.78, 5) is 15.8. The highest BCUT2D eigenvalue weighted by Crippen LogP contribution is 2.23. The van der Waals surface area contributed by atoms with Crippen LogP contribution in [0.5, 0.6) is 0 Å². The first-order chi connectivity index (χ1) is 10.2. The van der Waals surface area contributed by atoms with Gasteiger partial charge in [0.25, 0.3) is 0 Å². The van der Waals surface area contributed by atoms with Crippen LogP contribution in [0, 0.1) is 0 Å². The predicted molar refractivity (Wildman–Crippen MR) is 82.0 cm³/mol. The molecule has 6 heteroatoms. The summed E-state index contributed by atoms with van der Waals surface area (Å²) in [5.41, 5.74) is 2.05. The van der Waals surface area contributed by atoms with E-state index in [-0.39, 0.29) is 5.56 Å². The van der Waals surface area contributed by atoms with Crippen molar-refractivity contribution in [2.75, 3.05) is 0 Å². The normalized spacial score (nSPS) is 10.9. The van der Waals surface area contributed by atoms with E-state index in [1.165, 1.54) is 0 Å². The lowest BCUT2D eigenvalue weighted by Crippen LogP contribution is -2.18. The Labute approximate surface area is 125 Å². The number of nitrogens with one attached hydrogen (secondary N) is 1. The van der Waals surface area contributed by atoms with Gasteiger partial charge in [-0.05, 0) is 17.7 Å². The van der Waals surface area contributed by atoms with Gasteiger partial charge in [-0.1, -0.05) is 6.07 Å². The zero-order chi connectivity index (χ0) is 14.7. The van der Waals surface area contributed by atoms with Crippen molar-refractivity contribution in [3.05, 3.63) is 63.7 Å². The maximum absolute atomic E-state index is 11.3. The molecule has 0 radical (unpaired) electrons. The number of rotatable bonds is 5. The van der Waals surface area contributed by atoms with Gasteiger partial charge in [-0.25, -0.2) is 4.98 Å². The van der Waals surface area contributed by atoms with Crippen molar-refractivity contribution in [3.8, 4) is 10.8 Å². The van der Waals surface area contributed by atoms with Gasteiger partial charge in [-0.2, -0.15) is 0 Å². The van der Waals surface area contributed by atoms with Crippen LogP contribution in [0.1, 0.15) is 11.3 Å². The fourth-order valence-corrected chi connectivity index (χ4v) is 2.78. The Bertz CT molecular complexity index is 774. The zero-order valence-electron chi connectivity index (χ0n) is 11.6. The van der Waals surface area contributed by atoms with Gasteiger partial charge >= 0.3 is 0 Å². The van der Waals surface area contributed by atoms with Gasteiger partial charge in [0.1, 0.15) is 0 Å². The van der Waals surface area contributed by atoms with Gasteiger partial charge in [-0.3, -0.25) is 4.79 Å². The van der Waals surface area contributed by atoms with Crippen molar-refractivity contribution in [2.24, 2.45) is 7.05 Å². The molecule has 0 fully saturated rings. The SMILES string of the molecule is Cn1cc(CNCc2csc(-c3ccco3)n2)ccc1=O. The van der Waals surface area contributed by atoms with Crippen LogP contribution in [0.15, 0.2) is 51.3 Å². The lowest BCUT2D eigenvalue weighted by molar-refractivity contribution is 0.581. The average molecular weight is 301 g/mol. The van der Waals surface area contributed by atoms with E-state index in [0.29, 0.717) is 13.1 Å². The van der Waals surface area contributed by atoms with Crippen molar-refractivity contribution in [1.29, 1.82) is 0 Å². The Kier molecular flexibility index (Phi) is 3.98. The first-order valence-electron chi connectivity index (χ1n) is 6.57. The van der Waals surface area contributed by atoms with E-state index >= 15 is 0 Å². The van der Waals surface area contributed by atoms with Gasteiger partial charge in [0.2, 0.25) is 5.56 Å². The smallest absolute Gasteiger partial charge is 0.250 e. The molecular formula is C15H15N3O2S. The minimum absolute atomic E-state index is 0.00124. The predicted octanol–water partition coefficient (Wildman–Crippen LogP) is 2.39. The number of pyridine rings is 1. The molecule has 21 heavy (non-hydrogen) atoms. The summed E-state index contributed by atoms with van der Waals surface area (Å²) >= 11 is 1.57. The first-order valence-corrected chi connectivity index (χ1v) is 7.45. The summed E-state index contributed by atoms with van der Waals surface area (Å²) in [5, 5.41) is 6.23. The van der Waals surface area contributed by atoms with E-state index in [1.54, 1.807) is 35.3 Å². The van der Waals surface area contributed by atoms with Crippen LogP contribution in [0.2, 0.25) is 0 Å². The molecule has 0 aliphatic heterocycles. The Hall–Kier alpha value is -2.18. The molecule has 1 N–H and O–H groups in total. The Morgan fingerprint density at radius 2 is 2.24 bits per heavy atom. The zero-order valence-corrected chi connectivity index (χ0v) is 12.4. The highest BCUT2D eigenvalue weighted by molar-refractivity contribution is 7.13. The van der Waals surface area contributed by atoms with Crippen molar-refractivity contribution in [2.45, 2.75) is 13.1 Å². The van der Waals surface area contributed by atoms with E-state index in [9.17, 15) is 4.79 Å². The first kappa shape index (κ1) is 13.8. The van der Waals surface area contributed by atoms with Crippen LogP contribution in [0.4, 0.5) is 0 Å². The number of furan rings is 1. The lowest BCUT2D eigenvalue weighted by Gasteiger charge is -2.04. The minimum Gasteiger partial charge on any atom is -0.462 e. The number of hydrogen-bond donors (Lipinski definition) is 1. The van der Waals surface area contributed by atoms with Crippen LogP contribution in [-0.2, 0) is 20.1 Å². The lowest BCUT2D eigenvalue weighted by atomic mass is 10.3. The highest BCUT2D eigenvalue weighted by atomic mass is 32.1. The van der Waals surface area contributed by atoms with Gasteiger partial charge in [0, 0.05) is 37.8 Å². The summed E-state index contributed by atoms with van der Waals surface area (Å²) in [6.45, 7) is 1.38. The van der Waals surface area contributed by atoms with Crippen molar-refractivity contribution in [3.63, 3.8) is 0 Å². The second-order valence-corrected chi connectivity index (χ2v) is 5.57. The summed E-state index contributed by atoms with van der Waals surface area (Å²) in [6.07, 6.45) is 3.49. The van der Waals surface area contributed by atoms with Crippen LogP contribution >= 0.6 is 11.3 Å². The van der Waals surface area contributed by atoms with E-state index in [2.05, 4.69) is 10.3 Å². The molecule has 0 aliphatic carbocycles. The molecule has 3 rings (SSSR count). The molecule has 0 aromatic carbocycles.